The number of hydrogen-bond acceptors (Lipinski definition) is 0. The van der Waals surface area contributed by atoms with Crippen LogP contribution in [0.1, 0.15) is 0 Å². The summed E-state index contributed by atoms with van der Waals surface area (Å²) in [7, 11) is 0. The van der Waals surface area contributed by atoms with E-state index >= 15 is 0 Å². The average molecular weight is 583 g/mol. The van der Waals surface area contributed by atoms with Crippen molar-refractivity contribution in [1.29, 1.82) is 0 Å². The minimum Gasteiger partial charge on any atom is -0.309 e. The van der Waals surface area contributed by atoms with Gasteiger partial charge in [0.05, 0.1) is 27.8 Å². The minimum atomic E-state index is 1.17. The number of rotatable bonds is 2. The zero-order valence-corrected chi connectivity index (χ0v) is 24.9. The summed E-state index contributed by atoms with van der Waals surface area (Å²) >= 11 is 0. The van der Waals surface area contributed by atoms with Crippen molar-refractivity contribution in [3.05, 3.63) is 158 Å². The van der Waals surface area contributed by atoms with Crippen LogP contribution in [0.3, 0.4) is 0 Å². The second-order valence-corrected chi connectivity index (χ2v) is 12.5. The molecule has 1 aliphatic rings. The third-order valence-electron chi connectivity index (χ3n) is 10.2. The lowest BCUT2D eigenvalue weighted by Gasteiger charge is -2.14. The molecule has 0 N–H and O–H groups in total. The van der Waals surface area contributed by atoms with Gasteiger partial charge in [0.2, 0.25) is 0 Å². The van der Waals surface area contributed by atoms with E-state index in [2.05, 4.69) is 167 Å². The molecule has 2 nitrogen and oxygen atoms in total. The van der Waals surface area contributed by atoms with Gasteiger partial charge in [0.25, 0.3) is 0 Å². The van der Waals surface area contributed by atoms with Gasteiger partial charge in [-0.25, -0.2) is 0 Å². The minimum absolute atomic E-state index is 1.17. The first-order valence-electron chi connectivity index (χ1n) is 16.0. The van der Waals surface area contributed by atoms with Crippen molar-refractivity contribution in [2.24, 2.45) is 0 Å². The lowest BCUT2D eigenvalue weighted by molar-refractivity contribution is 1.19. The van der Waals surface area contributed by atoms with Crippen LogP contribution >= 0.6 is 0 Å². The normalized spacial score (nSPS) is 12.3. The van der Waals surface area contributed by atoms with E-state index in [1.807, 2.05) is 0 Å². The Morgan fingerprint density at radius 1 is 0.304 bits per heavy atom. The Balaban J connectivity index is 1.34. The largest absolute Gasteiger partial charge is 0.309 e. The summed E-state index contributed by atoms with van der Waals surface area (Å²) in [6.07, 6.45) is 0. The summed E-state index contributed by atoms with van der Waals surface area (Å²) in [6.45, 7) is 0. The summed E-state index contributed by atoms with van der Waals surface area (Å²) in [6, 6.07) is 58.1. The smallest absolute Gasteiger partial charge is 0.0641 e. The van der Waals surface area contributed by atoms with Crippen LogP contribution in [0, 0.1) is 0 Å². The number of fused-ring (bicyclic) bond motifs is 12. The highest BCUT2D eigenvalue weighted by atomic mass is 15.0. The van der Waals surface area contributed by atoms with E-state index in [1.54, 1.807) is 0 Å². The maximum absolute atomic E-state index is 2.51. The Morgan fingerprint density at radius 3 is 1.83 bits per heavy atom. The van der Waals surface area contributed by atoms with Crippen LogP contribution in [-0.2, 0) is 0 Å². The zero-order valence-electron chi connectivity index (χ0n) is 24.9. The Kier molecular flexibility index (Phi) is 4.61. The topological polar surface area (TPSA) is 9.86 Å². The summed E-state index contributed by atoms with van der Waals surface area (Å²) in [5, 5.41) is 10.2. The molecule has 0 saturated carbocycles. The van der Waals surface area contributed by atoms with Gasteiger partial charge < -0.3 is 9.13 Å². The molecule has 0 bridgehead atoms. The molecule has 0 spiro atoms. The van der Waals surface area contributed by atoms with Gasteiger partial charge >= 0.3 is 0 Å². The van der Waals surface area contributed by atoms with Gasteiger partial charge in [0, 0.05) is 38.0 Å². The SMILES string of the molecule is c1ccc(-n2c3c4ccccc4ccc3c3ccc4c(c5ccccc5n4-c4ccc5c6c(cccc46)-c4ccccc4-5)c32)cc1. The maximum Gasteiger partial charge on any atom is 0.0641 e. The van der Waals surface area contributed by atoms with E-state index in [-0.39, 0.29) is 0 Å². The third kappa shape index (κ3) is 2.96. The van der Waals surface area contributed by atoms with Crippen molar-refractivity contribution in [1.82, 2.24) is 9.13 Å². The lowest BCUT2D eigenvalue weighted by atomic mass is 10.0. The molecule has 10 aromatic rings. The first-order chi connectivity index (χ1) is 22.9. The fraction of sp³-hybridized carbons (Fsp3) is 0. The van der Waals surface area contributed by atoms with Crippen LogP contribution in [0.4, 0.5) is 0 Å². The van der Waals surface area contributed by atoms with Gasteiger partial charge in [-0.15, -0.1) is 0 Å². The first kappa shape index (κ1) is 24.2. The van der Waals surface area contributed by atoms with Crippen LogP contribution in [0.15, 0.2) is 158 Å². The molecule has 0 amide bonds. The predicted octanol–water partition coefficient (Wildman–Crippen LogP) is 11.8. The predicted molar refractivity (Wildman–Crippen MR) is 195 cm³/mol. The molecule has 0 fully saturated rings. The summed E-state index contributed by atoms with van der Waals surface area (Å²) in [5.74, 6) is 0. The van der Waals surface area contributed by atoms with Crippen LogP contribution < -0.4 is 0 Å². The van der Waals surface area contributed by atoms with E-state index in [9.17, 15) is 0 Å². The Hall–Kier alpha value is -6.12. The number of aromatic nitrogens is 2. The Morgan fingerprint density at radius 2 is 0.957 bits per heavy atom. The average Bonchev–Trinajstić information content (AvgIpc) is 3.76. The molecule has 2 heterocycles. The third-order valence-corrected chi connectivity index (χ3v) is 10.2. The number of benzene rings is 8. The molecular formula is C44H26N2. The number of hydrogen-bond donors (Lipinski definition) is 0. The lowest BCUT2D eigenvalue weighted by Crippen LogP contribution is -1.96. The fourth-order valence-corrected chi connectivity index (χ4v) is 8.40. The summed E-state index contributed by atoms with van der Waals surface area (Å²) in [4.78, 5) is 0. The fourth-order valence-electron chi connectivity index (χ4n) is 8.40. The highest BCUT2D eigenvalue weighted by Crippen LogP contribution is 2.50. The Labute approximate surface area is 265 Å². The Bertz CT molecular complexity index is 2870. The summed E-state index contributed by atoms with van der Waals surface area (Å²) in [5.41, 5.74) is 12.6. The molecule has 1 aliphatic carbocycles. The zero-order chi connectivity index (χ0) is 29.9. The van der Waals surface area contributed by atoms with Gasteiger partial charge in [-0.1, -0.05) is 127 Å². The van der Waals surface area contributed by atoms with E-state index in [1.165, 1.54) is 98.8 Å². The second kappa shape index (κ2) is 8.74. The van der Waals surface area contributed by atoms with Crippen LogP contribution in [-0.4, -0.2) is 9.13 Å². The molecule has 0 aliphatic heterocycles. The molecular weight excluding hydrogens is 556 g/mol. The van der Waals surface area contributed by atoms with Crippen molar-refractivity contribution in [2.75, 3.05) is 0 Å². The van der Waals surface area contributed by atoms with Gasteiger partial charge in [0.1, 0.15) is 0 Å². The van der Waals surface area contributed by atoms with Crippen molar-refractivity contribution in [3.63, 3.8) is 0 Å². The molecule has 46 heavy (non-hydrogen) atoms. The maximum atomic E-state index is 2.51. The number of para-hydroxylation sites is 2. The van der Waals surface area contributed by atoms with E-state index in [0.29, 0.717) is 0 Å². The van der Waals surface area contributed by atoms with Crippen LogP contribution in [0.2, 0.25) is 0 Å². The van der Waals surface area contributed by atoms with E-state index in [0.717, 1.165) is 0 Å². The highest BCUT2D eigenvalue weighted by molar-refractivity contribution is 6.29. The van der Waals surface area contributed by atoms with Crippen LogP contribution in [0.25, 0.3) is 98.8 Å². The highest BCUT2D eigenvalue weighted by Gasteiger charge is 2.25. The molecule has 0 saturated heterocycles. The van der Waals surface area contributed by atoms with Gasteiger partial charge in [-0.2, -0.15) is 0 Å². The van der Waals surface area contributed by atoms with Crippen molar-refractivity contribution in [2.45, 2.75) is 0 Å². The van der Waals surface area contributed by atoms with E-state index in [4.69, 9.17) is 0 Å². The second-order valence-electron chi connectivity index (χ2n) is 12.5. The molecule has 2 heteroatoms. The van der Waals surface area contributed by atoms with Crippen molar-refractivity contribution in [3.8, 4) is 33.6 Å². The molecule has 0 atom stereocenters. The molecule has 0 radical (unpaired) electrons. The molecule has 2 aromatic heterocycles. The standard InChI is InChI=1S/C44H26N2/c1-2-12-28(13-3-1)45-43-29-14-5-4-11-27(29)21-22-34(43)35-24-26-40-42(44(35)45)37-17-8-9-20-38(37)46(40)39-25-23-33-31-16-7-6-15-30(31)32-18-10-19-36(39)41(32)33/h1-26H. The van der Waals surface area contributed by atoms with Crippen LogP contribution in [0.5, 0.6) is 0 Å². The number of nitrogens with zero attached hydrogens (tertiary/aromatic N) is 2. The van der Waals surface area contributed by atoms with Gasteiger partial charge in [-0.3, -0.25) is 0 Å². The first-order valence-corrected chi connectivity index (χ1v) is 16.0. The van der Waals surface area contributed by atoms with Gasteiger partial charge in [0.15, 0.2) is 0 Å². The van der Waals surface area contributed by atoms with Gasteiger partial charge in [-0.05, 0) is 63.4 Å². The summed E-state index contributed by atoms with van der Waals surface area (Å²) < 4.78 is 5.01. The molecule has 8 aromatic carbocycles. The van der Waals surface area contributed by atoms with E-state index < -0.39 is 0 Å². The molecule has 212 valence electrons. The molecule has 11 rings (SSSR count). The van der Waals surface area contributed by atoms with Crippen molar-refractivity contribution < 1.29 is 0 Å². The van der Waals surface area contributed by atoms with Crippen molar-refractivity contribution >= 4 is 65.2 Å². The molecule has 0 unspecified atom stereocenters. The monoisotopic (exact) mass is 582 g/mol. The quantitative estimate of drug-likeness (QED) is 0.192.